The summed E-state index contributed by atoms with van der Waals surface area (Å²) in [4.78, 5) is 27.9. The van der Waals surface area contributed by atoms with Crippen LogP contribution in [0.25, 0.3) is 21.3 Å². The summed E-state index contributed by atoms with van der Waals surface area (Å²) in [6, 6.07) is 6.75. The van der Waals surface area contributed by atoms with Crippen molar-refractivity contribution in [1.29, 1.82) is 0 Å². The molecule has 2 aromatic rings. The number of pyridine rings is 1. The number of H-pyrrole nitrogens is 1. The van der Waals surface area contributed by atoms with Gasteiger partial charge in [-0.2, -0.15) is 0 Å². The van der Waals surface area contributed by atoms with Crippen molar-refractivity contribution in [2.75, 3.05) is 0 Å². The SMILES string of the molecule is [N-]=[N+]=NCc1c(C(=O)O)c(=O)[nH]c2ccccc12. The summed E-state index contributed by atoms with van der Waals surface area (Å²) >= 11 is 0. The molecular formula is C11H8N4O3. The zero-order chi connectivity index (χ0) is 13.1. The summed E-state index contributed by atoms with van der Waals surface area (Å²) in [6.45, 7) is -0.178. The smallest absolute Gasteiger partial charge is 0.341 e. The molecule has 0 amide bonds. The largest absolute Gasteiger partial charge is 0.477 e. The first kappa shape index (κ1) is 11.7. The van der Waals surface area contributed by atoms with Crippen LogP contribution in [0.4, 0.5) is 0 Å². The summed E-state index contributed by atoms with van der Waals surface area (Å²) in [7, 11) is 0. The average molecular weight is 244 g/mol. The summed E-state index contributed by atoms with van der Waals surface area (Å²) < 4.78 is 0. The number of carbonyl (C=O) groups is 1. The Balaban J connectivity index is 2.88. The van der Waals surface area contributed by atoms with Crippen LogP contribution >= 0.6 is 0 Å². The number of benzene rings is 1. The van der Waals surface area contributed by atoms with Gasteiger partial charge in [0.1, 0.15) is 5.56 Å². The molecule has 1 aromatic heterocycles. The minimum absolute atomic E-state index is 0.178. The monoisotopic (exact) mass is 244 g/mol. The van der Waals surface area contributed by atoms with Gasteiger partial charge in [0.05, 0.1) is 6.54 Å². The van der Waals surface area contributed by atoms with E-state index >= 15 is 0 Å². The molecule has 0 fully saturated rings. The van der Waals surface area contributed by atoms with Crippen LogP contribution in [0.3, 0.4) is 0 Å². The van der Waals surface area contributed by atoms with Crippen molar-refractivity contribution in [3.05, 3.63) is 56.2 Å². The number of para-hydroxylation sites is 1. The molecule has 0 saturated carbocycles. The van der Waals surface area contributed by atoms with Crippen LogP contribution in [0.1, 0.15) is 15.9 Å². The van der Waals surface area contributed by atoms with Gasteiger partial charge in [-0.15, -0.1) is 0 Å². The molecule has 1 aromatic carbocycles. The lowest BCUT2D eigenvalue weighted by Crippen LogP contribution is -2.20. The quantitative estimate of drug-likeness (QED) is 0.488. The minimum Gasteiger partial charge on any atom is -0.477 e. The Morgan fingerprint density at radius 1 is 1.44 bits per heavy atom. The summed E-state index contributed by atoms with van der Waals surface area (Å²) in [6.07, 6.45) is 0. The van der Waals surface area contributed by atoms with Crippen molar-refractivity contribution in [3.8, 4) is 0 Å². The maximum atomic E-state index is 11.7. The highest BCUT2D eigenvalue weighted by Gasteiger charge is 2.17. The molecule has 7 nitrogen and oxygen atoms in total. The van der Waals surface area contributed by atoms with E-state index in [9.17, 15) is 9.59 Å². The topological polar surface area (TPSA) is 119 Å². The molecule has 0 aliphatic heterocycles. The molecule has 0 bridgehead atoms. The lowest BCUT2D eigenvalue weighted by atomic mass is 10.0. The normalized spacial score (nSPS) is 10.0. The van der Waals surface area contributed by atoms with Crippen LogP contribution in [0, 0.1) is 0 Å². The van der Waals surface area contributed by atoms with Gasteiger partial charge in [-0.1, -0.05) is 23.3 Å². The molecule has 0 radical (unpaired) electrons. The number of carboxylic acids is 1. The molecule has 0 unspecified atom stereocenters. The van der Waals surface area contributed by atoms with E-state index in [4.69, 9.17) is 10.6 Å². The van der Waals surface area contributed by atoms with Gasteiger partial charge in [-0.25, -0.2) is 4.79 Å². The summed E-state index contributed by atoms with van der Waals surface area (Å²) in [5.74, 6) is -1.34. The fraction of sp³-hybridized carbons (Fsp3) is 0.0909. The van der Waals surface area contributed by atoms with E-state index in [1.54, 1.807) is 24.3 Å². The number of aromatic nitrogens is 1. The Morgan fingerprint density at radius 2 is 2.17 bits per heavy atom. The molecule has 1 heterocycles. The Bertz CT molecular complexity index is 729. The van der Waals surface area contributed by atoms with Gasteiger partial charge in [-0.3, -0.25) is 4.79 Å². The van der Waals surface area contributed by atoms with E-state index < -0.39 is 11.5 Å². The van der Waals surface area contributed by atoms with Crippen molar-refractivity contribution in [2.24, 2.45) is 5.11 Å². The molecule has 0 aliphatic carbocycles. The van der Waals surface area contributed by atoms with Crippen LogP contribution < -0.4 is 5.56 Å². The fourth-order valence-corrected chi connectivity index (χ4v) is 1.80. The number of rotatable bonds is 3. The molecule has 90 valence electrons. The molecule has 2 N–H and O–H groups in total. The second kappa shape index (κ2) is 4.60. The molecule has 2 rings (SSSR count). The van der Waals surface area contributed by atoms with Crippen molar-refractivity contribution < 1.29 is 9.90 Å². The van der Waals surface area contributed by atoms with Gasteiger partial charge in [0, 0.05) is 15.8 Å². The van der Waals surface area contributed by atoms with Crippen LogP contribution in [-0.2, 0) is 6.54 Å². The lowest BCUT2D eigenvalue weighted by molar-refractivity contribution is 0.0694. The van der Waals surface area contributed by atoms with Gasteiger partial charge in [0.2, 0.25) is 0 Å². The highest BCUT2D eigenvalue weighted by molar-refractivity contribution is 5.95. The molecular weight excluding hydrogens is 236 g/mol. The average Bonchev–Trinajstić information content (AvgIpc) is 2.34. The standard InChI is InChI=1S/C11H8N4O3/c12-15-13-5-7-6-3-1-2-4-8(6)14-10(16)9(7)11(17)18/h1-4H,5H2,(H,14,16)(H,17,18). The maximum Gasteiger partial charge on any atom is 0.341 e. The number of nitrogens with zero attached hydrogens (tertiary/aromatic N) is 3. The molecule has 0 aliphatic rings. The number of hydrogen-bond acceptors (Lipinski definition) is 3. The second-order valence-corrected chi connectivity index (χ2v) is 3.55. The third-order valence-corrected chi connectivity index (χ3v) is 2.54. The molecule has 0 atom stereocenters. The highest BCUT2D eigenvalue weighted by Crippen LogP contribution is 2.19. The predicted molar refractivity (Wildman–Crippen MR) is 64.4 cm³/mol. The van der Waals surface area contributed by atoms with Crippen molar-refractivity contribution in [1.82, 2.24) is 4.98 Å². The lowest BCUT2D eigenvalue weighted by Gasteiger charge is -2.07. The van der Waals surface area contributed by atoms with Gasteiger partial charge in [-0.05, 0) is 17.2 Å². The van der Waals surface area contributed by atoms with E-state index in [0.717, 1.165) is 0 Å². The minimum atomic E-state index is -1.34. The number of aromatic carboxylic acids is 1. The van der Waals surface area contributed by atoms with Gasteiger partial charge in [0.25, 0.3) is 5.56 Å². The van der Waals surface area contributed by atoms with E-state index in [1.165, 1.54) is 0 Å². The van der Waals surface area contributed by atoms with Crippen molar-refractivity contribution >= 4 is 16.9 Å². The second-order valence-electron chi connectivity index (χ2n) is 3.55. The Hall–Kier alpha value is -2.79. The number of aromatic amines is 1. The zero-order valence-electron chi connectivity index (χ0n) is 9.12. The van der Waals surface area contributed by atoms with Crippen LogP contribution in [0.5, 0.6) is 0 Å². The first-order valence-electron chi connectivity index (χ1n) is 5.03. The van der Waals surface area contributed by atoms with Crippen LogP contribution in [0.15, 0.2) is 34.2 Å². The number of carboxylic acid groups (broad SMARTS) is 1. The van der Waals surface area contributed by atoms with E-state index in [-0.39, 0.29) is 17.7 Å². The van der Waals surface area contributed by atoms with E-state index in [1.807, 2.05) is 0 Å². The fourth-order valence-electron chi connectivity index (χ4n) is 1.80. The summed E-state index contributed by atoms with van der Waals surface area (Å²) in [5.41, 5.74) is 7.96. The number of hydrogen-bond donors (Lipinski definition) is 2. The molecule has 0 saturated heterocycles. The predicted octanol–water partition coefficient (Wildman–Crippen LogP) is 2.04. The first-order valence-corrected chi connectivity index (χ1v) is 5.03. The third-order valence-electron chi connectivity index (χ3n) is 2.54. The van der Waals surface area contributed by atoms with Gasteiger partial charge in [0.15, 0.2) is 0 Å². The number of fused-ring (bicyclic) bond motifs is 1. The Labute approximate surface area is 100 Å². The summed E-state index contributed by atoms with van der Waals surface area (Å²) in [5, 5.41) is 12.9. The Morgan fingerprint density at radius 3 is 2.83 bits per heavy atom. The van der Waals surface area contributed by atoms with Crippen molar-refractivity contribution in [2.45, 2.75) is 6.54 Å². The van der Waals surface area contributed by atoms with Gasteiger partial charge < -0.3 is 10.1 Å². The molecule has 0 spiro atoms. The molecule has 7 heteroatoms. The van der Waals surface area contributed by atoms with E-state index in [2.05, 4.69) is 15.0 Å². The van der Waals surface area contributed by atoms with E-state index in [0.29, 0.717) is 10.9 Å². The van der Waals surface area contributed by atoms with Gasteiger partial charge >= 0.3 is 5.97 Å². The highest BCUT2D eigenvalue weighted by atomic mass is 16.4. The Kier molecular flexibility index (Phi) is 2.99. The first-order chi connectivity index (χ1) is 8.65. The van der Waals surface area contributed by atoms with Crippen LogP contribution in [0.2, 0.25) is 0 Å². The maximum absolute atomic E-state index is 11.7. The molecule has 18 heavy (non-hydrogen) atoms. The number of azide groups is 1. The third kappa shape index (κ3) is 1.90. The van der Waals surface area contributed by atoms with Crippen LogP contribution in [-0.4, -0.2) is 16.1 Å². The zero-order valence-corrected chi connectivity index (χ0v) is 9.12. The number of nitrogens with one attached hydrogen (secondary N) is 1. The van der Waals surface area contributed by atoms with Crippen molar-refractivity contribution in [3.63, 3.8) is 0 Å².